The van der Waals surface area contributed by atoms with Crippen molar-refractivity contribution in [3.05, 3.63) is 42.2 Å². The second kappa shape index (κ2) is 6.79. The highest BCUT2D eigenvalue weighted by molar-refractivity contribution is 5.91. The van der Waals surface area contributed by atoms with E-state index in [9.17, 15) is 4.79 Å². The largest absolute Gasteiger partial charge is 0.355 e. The number of nitrogens with zero attached hydrogens (tertiary/aromatic N) is 7. The molecule has 10 nitrogen and oxygen atoms in total. The Bertz CT molecular complexity index is 1110. The summed E-state index contributed by atoms with van der Waals surface area (Å²) in [4.78, 5) is 26.2. The summed E-state index contributed by atoms with van der Waals surface area (Å²) < 4.78 is 6.81. The molecule has 0 bridgehead atoms. The summed E-state index contributed by atoms with van der Waals surface area (Å²) in [6, 6.07) is 1.62. The smallest absolute Gasteiger partial charge is 0.292 e. The first kappa shape index (κ1) is 19.5. The van der Waals surface area contributed by atoms with E-state index in [4.69, 9.17) is 9.51 Å². The quantitative estimate of drug-likeness (QED) is 0.682. The monoisotopic (exact) mass is 422 g/mol. The second-order valence-electron chi connectivity index (χ2n) is 9.24. The molecule has 5 rings (SSSR count). The average molecular weight is 422 g/mol. The SMILES string of the molecule is Cc1cnc(Nc2cnn(C)c2)nc1N1C[C@]2(C)CN(C(=O)c3ccno3)C[C@]2(C)C1. The van der Waals surface area contributed by atoms with Crippen LogP contribution < -0.4 is 10.2 Å². The van der Waals surface area contributed by atoms with Crippen molar-refractivity contribution < 1.29 is 9.32 Å². The molecule has 2 fully saturated rings. The van der Waals surface area contributed by atoms with Crippen molar-refractivity contribution in [2.75, 3.05) is 36.4 Å². The van der Waals surface area contributed by atoms with Crippen LogP contribution >= 0.6 is 0 Å². The van der Waals surface area contributed by atoms with Crippen molar-refractivity contribution in [3.63, 3.8) is 0 Å². The molecule has 0 saturated carbocycles. The molecule has 0 aliphatic carbocycles. The zero-order chi connectivity index (χ0) is 21.8. The van der Waals surface area contributed by atoms with E-state index in [2.05, 4.69) is 39.3 Å². The molecule has 2 atom stereocenters. The van der Waals surface area contributed by atoms with Crippen LogP contribution in [-0.4, -0.2) is 61.9 Å². The van der Waals surface area contributed by atoms with Crippen molar-refractivity contribution in [1.82, 2.24) is 29.8 Å². The average Bonchev–Trinajstić information content (AvgIpc) is 3.47. The molecular weight excluding hydrogens is 396 g/mol. The van der Waals surface area contributed by atoms with Gasteiger partial charge in [0.15, 0.2) is 0 Å². The van der Waals surface area contributed by atoms with Gasteiger partial charge in [0.1, 0.15) is 5.82 Å². The summed E-state index contributed by atoms with van der Waals surface area (Å²) in [5.74, 6) is 1.67. The van der Waals surface area contributed by atoms with Crippen molar-refractivity contribution in [2.45, 2.75) is 20.8 Å². The minimum atomic E-state index is -0.0953. The minimum absolute atomic E-state index is 0.0585. The van der Waals surface area contributed by atoms with Gasteiger partial charge >= 0.3 is 0 Å². The lowest BCUT2D eigenvalue weighted by molar-refractivity contribution is 0.0729. The number of carbonyl (C=O) groups is 1. The van der Waals surface area contributed by atoms with E-state index in [1.54, 1.807) is 16.9 Å². The Morgan fingerprint density at radius 2 is 1.90 bits per heavy atom. The summed E-state index contributed by atoms with van der Waals surface area (Å²) >= 11 is 0. The molecule has 3 aromatic heterocycles. The van der Waals surface area contributed by atoms with E-state index in [1.165, 1.54) is 6.20 Å². The maximum atomic E-state index is 12.8. The number of fused-ring (bicyclic) bond motifs is 1. The predicted molar refractivity (Wildman–Crippen MR) is 114 cm³/mol. The Morgan fingerprint density at radius 3 is 2.52 bits per heavy atom. The topological polar surface area (TPSA) is 105 Å². The highest BCUT2D eigenvalue weighted by Gasteiger charge is 2.59. The third kappa shape index (κ3) is 3.22. The van der Waals surface area contributed by atoms with Crippen molar-refractivity contribution in [1.29, 1.82) is 0 Å². The number of anilines is 3. The molecular formula is C21H26N8O2. The first-order valence-corrected chi connectivity index (χ1v) is 10.3. The van der Waals surface area contributed by atoms with E-state index in [-0.39, 0.29) is 16.7 Å². The number of aryl methyl sites for hydroxylation is 2. The molecule has 0 unspecified atom stereocenters. The van der Waals surface area contributed by atoms with E-state index in [0.29, 0.717) is 24.8 Å². The van der Waals surface area contributed by atoms with Gasteiger partial charge in [-0.3, -0.25) is 9.48 Å². The standard InChI is InChI=1S/C21H26N8O2/c1-14-7-22-19(25-15-8-23-27(4)9-15)26-17(14)28-10-20(2)12-29(13-21(20,3)11-28)18(30)16-5-6-24-31-16/h5-9H,10-13H2,1-4H3,(H,22,25,26)/t20-,21+. The maximum absolute atomic E-state index is 12.8. The van der Waals surface area contributed by atoms with Gasteiger partial charge in [0.05, 0.1) is 18.1 Å². The van der Waals surface area contributed by atoms with Crippen molar-refractivity contribution in [3.8, 4) is 0 Å². The number of aromatic nitrogens is 5. The van der Waals surface area contributed by atoms with Crippen LogP contribution in [0.5, 0.6) is 0 Å². The van der Waals surface area contributed by atoms with Crippen LogP contribution in [0.15, 0.2) is 35.4 Å². The first-order chi connectivity index (χ1) is 14.8. The number of likely N-dealkylation sites (tertiary alicyclic amines) is 1. The molecule has 2 aliphatic rings. The number of nitrogens with one attached hydrogen (secondary N) is 1. The van der Waals surface area contributed by atoms with Crippen LogP contribution in [-0.2, 0) is 7.05 Å². The molecule has 10 heteroatoms. The Kier molecular flexibility index (Phi) is 4.28. The van der Waals surface area contributed by atoms with Gasteiger partial charge in [-0.15, -0.1) is 0 Å². The first-order valence-electron chi connectivity index (χ1n) is 10.3. The van der Waals surface area contributed by atoms with Gasteiger partial charge in [-0.25, -0.2) is 4.98 Å². The van der Waals surface area contributed by atoms with Gasteiger partial charge in [-0.2, -0.15) is 10.1 Å². The van der Waals surface area contributed by atoms with Crippen LogP contribution in [0.4, 0.5) is 17.5 Å². The number of hydrogen-bond donors (Lipinski definition) is 1. The molecule has 0 radical (unpaired) electrons. The zero-order valence-corrected chi connectivity index (χ0v) is 18.2. The lowest BCUT2D eigenvalue weighted by atomic mass is 9.71. The zero-order valence-electron chi connectivity index (χ0n) is 18.2. The summed E-state index contributed by atoms with van der Waals surface area (Å²) in [5.41, 5.74) is 1.75. The van der Waals surface area contributed by atoms with Gasteiger partial charge < -0.3 is 19.6 Å². The molecule has 3 aromatic rings. The van der Waals surface area contributed by atoms with Gasteiger partial charge in [0, 0.05) is 68.1 Å². The molecule has 1 N–H and O–H groups in total. The molecule has 1 amide bonds. The van der Waals surface area contributed by atoms with E-state index < -0.39 is 0 Å². The molecule has 2 saturated heterocycles. The highest BCUT2D eigenvalue weighted by atomic mass is 16.5. The summed E-state index contributed by atoms with van der Waals surface area (Å²) in [6.07, 6.45) is 6.97. The Labute approximate surface area is 180 Å². The summed E-state index contributed by atoms with van der Waals surface area (Å²) in [5, 5.41) is 11.1. The van der Waals surface area contributed by atoms with Crippen LogP contribution in [0.3, 0.4) is 0 Å². The van der Waals surface area contributed by atoms with E-state index >= 15 is 0 Å². The van der Waals surface area contributed by atoms with Gasteiger partial charge in [-0.1, -0.05) is 19.0 Å². The molecule has 0 aromatic carbocycles. The fourth-order valence-electron chi connectivity index (χ4n) is 4.86. The van der Waals surface area contributed by atoms with Gasteiger partial charge in [0.2, 0.25) is 11.7 Å². The number of amides is 1. The summed E-state index contributed by atoms with van der Waals surface area (Å²) in [7, 11) is 1.87. The number of carbonyl (C=O) groups excluding carboxylic acids is 1. The molecule has 162 valence electrons. The van der Waals surface area contributed by atoms with Gasteiger partial charge in [0.25, 0.3) is 5.91 Å². The van der Waals surface area contributed by atoms with Crippen LogP contribution in [0.25, 0.3) is 0 Å². The predicted octanol–water partition coefficient (Wildman–Crippen LogP) is 2.24. The Hall–Kier alpha value is -3.43. The fourth-order valence-corrected chi connectivity index (χ4v) is 4.86. The lowest BCUT2D eigenvalue weighted by Crippen LogP contribution is -2.36. The van der Waals surface area contributed by atoms with E-state index in [1.807, 2.05) is 31.3 Å². The Balaban J connectivity index is 1.36. The normalized spacial score (nSPS) is 25.2. The van der Waals surface area contributed by atoms with Crippen LogP contribution in [0.2, 0.25) is 0 Å². The van der Waals surface area contributed by atoms with Gasteiger partial charge in [-0.05, 0) is 6.92 Å². The second-order valence-corrected chi connectivity index (χ2v) is 9.24. The molecule has 0 spiro atoms. The lowest BCUT2D eigenvalue weighted by Gasteiger charge is -2.29. The molecule has 5 heterocycles. The molecule has 31 heavy (non-hydrogen) atoms. The van der Waals surface area contributed by atoms with E-state index in [0.717, 1.165) is 30.2 Å². The van der Waals surface area contributed by atoms with Crippen molar-refractivity contribution in [2.24, 2.45) is 17.9 Å². The highest BCUT2D eigenvalue weighted by Crippen LogP contribution is 2.52. The summed E-state index contributed by atoms with van der Waals surface area (Å²) in [6.45, 7) is 9.51. The minimum Gasteiger partial charge on any atom is -0.355 e. The van der Waals surface area contributed by atoms with Crippen molar-refractivity contribution >= 4 is 23.4 Å². The molecule has 2 aliphatic heterocycles. The van der Waals surface area contributed by atoms with Crippen LogP contribution in [0, 0.1) is 17.8 Å². The number of hydrogen-bond acceptors (Lipinski definition) is 8. The fraction of sp³-hybridized carbons (Fsp3) is 0.476. The Morgan fingerprint density at radius 1 is 1.16 bits per heavy atom. The van der Waals surface area contributed by atoms with Crippen LogP contribution in [0.1, 0.15) is 30.0 Å². The number of rotatable bonds is 4. The third-order valence-electron chi connectivity index (χ3n) is 6.76. The maximum Gasteiger partial charge on any atom is 0.292 e. The third-order valence-corrected chi connectivity index (χ3v) is 6.76.